The molecule has 2 aromatic heterocycles. The van der Waals surface area contributed by atoms with Gasteiger partial charge < -0.3 is 0 Å². The van der Waals surface area contributed by atoms with Crippen molar-refractivity contribution in [3.63, 3.8) is 0 Å². The van der Waals surface area contributed by atoms with Gasteiger partial charge in [-0.2, -0.15) is 0 Å². The monoisotopic (exact) mass is 314 g/mol. The van der Waals surface area contributed by atoms with Crippen molar-refractivity contribution in [1.82, 2.24) is 9.38 Å². The van der Waals surface area contributed by atoms with E-state index >= 15 is 0 Å². The zero-order valence-corrected chi connectivity index (χ0v) is 12.8. The minimum Gasteiger partial charge on any atom is -0.297 e. The van der Waals surface area contributed by atoms with Crippen LogP contribution in [0.25, 0.3) is 16.9 Å². The Morgan fingerprint density at radius 3 is 2.58 bits per heavy atom. The lowest BCUT2D eigenvalue weighted by molar-refractivity contribution is 1.09. The van der Waals surface area contributed by atoms with Gasteiger partial charge in [-0.05, 0) is 50.6 Å². The predicted molar refractivity (Wildman–Crippen MR) is 82.5 cm³/mol. The van der Waals surface area contributed by atoms with E-state index < -0.39 is 0 Å². The summed E-state index contributed by atoms with van der Waals surface area (Å²) in [7, 11) is 0. The maximum Gasteiger partial charge on any atom is 0.137 e. The Hall–Kier alpha value is -1.61. The van der Waals surface area contributed by atoms with Crippen molar-refractivity contribution < 1.29 is 0 Å². The first kappa shape index (κ1) is 12.4. The summed E-state index contributed by atoms with van der Waals surface area (Å²) in [5.74, 6) is 0. The van der Waals surface area contributed by atoms with E-state index in [1.807, 2.05) is 6.07 Å². The van der Waals surface area contributed by atoms with Gasteiger partial charge in [0.1, 0.15) is 5.65 Å². The molecule has 0 fully saturated rings. The summed E-state index contributed by atoms with van der Waals surface area (Å²) < 4.78 is 3.31. The van der Waals surface area contributed by atoms with Gasteiger partial charge in [0.25, 0.3) is 0 Å². The van der Waals surface area contributed by atoms with E-state index in [-0.39, 0.29) is 0 Å². The van der Waals surface area contributed by atoms with Crippen LogP contribution in [0.1, 0.15) is 17.0 Å². The van der Waals surface area contributed by atoms with Gasteiger partial charge in [0, 0.05) is 15.7 Å². The number of benzene rings is 1. The first-order valence-corrected chi connectivity index (χ1v) is 7.08. The number of nitrogens with zero attached hydrogens (tertiary/aromatic N) is 2. The van der Waals surface area contributed by atoms with Crippen molar-refractivity contribution in [3.05, 3.63) is 57.8 Å². The molecule has 96 valence electrons. The van der Waals surface area contributed by atoms with Crippen molar-refractivity contribution in [2.24, 2.45) is 0 Å². The molecule has 0 radical (unpaired) electrons. The van der Waals surface area contributed by atoms with Crippen LogP contribution in [0.4, 0.5) is 0 Å². The lowest BCUT2D eigenvalue weighted by atomic mass is 10.1. The third-order valence-corrected chi connectivity index (χ3v) is 3.82. The van der Waals surface area contributed by atoms with Crippen LogP contribution in [0, 0.1) is 20.8 Å². The Bertz CT molecular complexity index is 772. The average molecular weight is 315 g/mol. The Morgan fingerprint density at radius 1 is 1.05 bits per heavy atom. The standard InChI is InChI=1S/C16H15BrN2/c1-10-7-11(2)19-15(8-10)18-12(3)16(19)13-5-4-6-14(17)9-13/h4-9H,1-3H3. The predicted octanol–water partition coefficient (Wildman–Crippen LogP) is 4.69. The van der Waals surface area contributed by atoms with Crippen LogP contribution in [-0.2, 0) is 0 Å². The van der Waals surface area contributed by atoms with E-state index in [2.05, 4.69) is 76.4 Å². The summed E-state index contributed by atoms with van der Waals surface area (Å²) in [5.41, 5.74) is 6.90. The SMILES string of the molecule is Cc1cc(C)n2c(-c3cccc(Br)c3)c(C)nc2c1. The number of halogens is 1. The highest BCUT2D eigenvalue weighted by atomic mass is 79.9. The molecule has 3 rings (SSSR count). The van der Waals surface area contributed by atoms with Gasteiger partial charge in [-0.15, -0.1) is 0 Å². The van der Waals surface area contributed by atoms with Crippen LogP contribution in [0.15, 0.2) is 40.9 Å². The Morgan fingerprint density at radius 2 is 1.84 bits per heavy atom. The highest BCUT2D eigenvalue weighted by Gasteiger charge is 2.13. The maximum absolute atomic E-state index is 4.69. The second kappa shape index (κ2) is 4.49. The van der Waals surface area contributed by atoms with E-state index in [4.69, 9.17) is 0 Å². The summed E-state index contributed by atoms with van der Waals surface area (Å²) in [5, 5.41) is 0. The number of pyridine rings is 1. The lowest BCUT2D eigenvalue weighted by Crippen LogP contribution is -1.95. The van der Waals surface area contributed by atoms with Gasteiger partial charge >= 0.3 is 0 Å². The van der Waals surface area contributed by atoms with E-state index in [9.17, 15) is 0 Å². The molecule has 0 aliphatic carbocycles. The third-order valence-electron chi connectivity index (χ3n) is 3.32. The topological polar surface area (TPSA) is 17.3 Å². The fourth-order valence-corrected chi connectivity index (χ4v) is 3.02. The minimum atomic E-state index is 1.02. The van der Waals surface area contributed by atoms with Crippen molar-refractivity contribution in [2.45, 2.75) is 20.8 Å². The van der Waals surface area contributed by atoms with Crippen LogP contribution < -0.4 is 0 Å². The molecular formula is C16H15BrN2. The first-order valence-electron chi connectivity index (χ1n) is 6.28. The van der Waals surface area contributed by atoms with Gasteiger partial charge in [0.15, 0.2) is 0 Å². The van der Waals surface area contributed by atoms with Crippen LogP contribution in [0.3, 0.4) is 0 Å². The molecule has 0 bridgehead atoms. The van der Waals surface area contributed by atoms with E-state index in [0.29, 0.717) is 0 Å². The van der Waals surface area contributed by atoms with Gasteiger partial charge in [0.05, 0.1) is 11.4 Å². The number of imidazole rings is 1. The normalized spacial score (nSPS) is 11.2. The zero-order chi connectivity index (χ0) is 13.6. The van der Waals surface area contributed by atoms with Gasteiger partial charge in [-0.1, -0.05) is 28.1 Å². The fraction of sp³-hybridized carbons (Fsp3) is 0.188. The number of rotatable bonds is 1. The summed E-state index contributed by atoms with van der Waals surface area (Å²) in [6.07, 6.45) is 0. The molecule has 0 aliphatic rings. The van der Waals surface area contributed by atoms with Gasteiger partial charge in [-0.3, -0.25) is 4.40 Å². The summed E-state index contributed by atoms with van der Waals surface area (Å²) in [6, 6.07) is 12.7. The Balaban J connectivity index is 2.38. The molecule has 0 N–H and O–H groups in total. The average Bonchev–Trinajstić information content (AvgIpc) is 2.65. The number of hydrogen-bond donors (Lipinski definition) is 0. The Kier molecular flexibility index (Phi) is 2.94. The third kappa shape index (κ3) is 2.08. The second-order valence-corrected chi connectivity index (χ2v) is 5.84. The molecule has 1 aromatic carbocycles. The largest absolute Gasteiger partial charge is 0.297 e. The van der Waals surface area contributed by atoms with Crippen molar-refractivity contribution in [3.8, 4) is 11.3 Å². The molecule has 0 amide bonds. The van der Waals surface area contributed by atoms with Crippen molar-refractivity contribution in [1.29, 1.82) is 0 Å². The second-order valence-electron chi connectivity index (χ2n) is 4.92. The smallest absolute Gasteiger partial charge is 0.137 e. The van der Waals surface area contributed by atoms with E-state index in [1.54, 1.807) is 0 Å². The first-order chi connectivity index (χ1) is 9.06. The number of aryl methyl sites for hydroxylation is 3. The number of fused-ring (bicyclic) bond motifs is 1. The van der Waals surface area contributed by atoms with Crippen molar-refractivity contribution >= 4 is 21.6 Å². The summed E-state index contributed by atoms with van der Waals surface area (Å²) in [4.78, 5) is 4.69. The van der Waals surface area contributed by atoms with Crippen LogP contribution >= 0.6 is 15.9 Å². The van der Waals surface area contributed by atoms with Crippen LogP contribution in [-0.4, -0.2) is 9.38 Å². The lowest BCUT2D eigenvalue weighted by Gasteiger charge is -2.08. The summed E-state index contributed by atoms with van der Waals surface area (Å²) >= 11 is 3.54. The van der Waals surface area contributed by atoms with E-state index in [1.165, 1.54) is 22.5 Å². The van der Waals surface area contributed by atoms with E-state index in [0.717, 1.165) is 15.8 Å². The van der Waals surface area contributed by atoms with Gasteiger partial charge in [0.2, 0.25) is 0 Å². The molecular weight excluding hydrogens is 300 g/mol. The molecule has 3 aromatic rings. The molecule has 19 heavy (non-hydrogen) atoms. The molecule has 2 nitrogen and oxygen atoms in total. The molecule has 0 saturated carbocycles. The molecule has 0 unspecified atom stereocenters. The highest BCUT2D eigenvalue weighted by Crippen LogP contribution is 2.28. The Labute approximate surface area is 121 Å². The molecule has 2 heterocycles. The molecule has 0 aliphatic heterocycles. The maximum atomic E-state index is 4.69. The van der Waals surface area contributed by atoms with Crippen LogP contribution in [0.5, 0.6) is 0 Å². The number of aromatic nitrogens is 2. The quantitative estimate of drug-likeness (QED) is 0.637. The minimum absolute atomic E-state index is 1.02. The van der Waals surface area contributed by atoms with Crippen LogP contribution in [0.2, 0.25) is 0 Å². The molecule has 0 saturated heterocycles. The fourth-order valence-electron chi connectivity index (χ4n) is 2.62. The zero-order valence-electron chi connectivity index (χ0n) is 11.2. The molecule has 0 atom stereocenters. The summed E-state index contributed by atoms with van der Waals surface area (Å²) in [6.45, 7) is 6.30. The van der Waals surface area contributed by atoms with Gasteiger partial charge in [-0.25, -0.2) is 4.98 Å². The highest BCUT2D eigenvalue weighted by molar-refractivity contribution is 9.10. The van der Waals surface area contributed by atoms with Crippen molar-refractivity contribution in [2.75, 3.05) is 0 Å². The molecule has 3 heteroatoms. The number of hydrogen-bond acceptors (Lipinski definition) is 1. The molecule has 0 spiro atoms.